The Kier molecular flexibility index (Phi) is 7.89. The van der Waals surface area contributed by atoms with Gasteiger partial charge in [0.2, 0.25) is 5.13 Å². The second kappa shape index (κ2) is 10.6. The third-order valence-electron chi connectivity index (χ3n) is 4.26. The number of nitrogens with zero attached hydrogens (tertiary/aromatic N) is 2. The Balaban J connectivity index is 1.34. The van der Waals surface area contributed by atoms with Crippen molar-refractivity contribution in [3.8, 4) is 11.4 Å². The molecule has 1 aliphatic rings. The number of hydrogen-bond donors (Lipinski definition) is 2. The second-order valence-electron chi connectivity index (χ2n) is 6.97. The summed E-state index contributed by atoms with van der Waals surface area (Å²) in [6.07, 6.45) is 7.86. The van der Waals surface area contributed by atoms with E-state index in [2.05, 4.69) is 46.0 Å². The van der Waals surface area contributed by atoms with E-state index in [1.54, 1.807) is 0 Å². The van der Waals surface area contributed by atoms with Crippen molar-refractivity contribution in [3.05, 3.63) is 52.8 Å². The summed E-state index contributed by atoms with van der Waals surface area (Å²) in [4.78, 5) is 4.53. The summed E-state index contributed by atoms with van der Waals surface area (Å²) in [5.74, 6) is 1.75. The lowest BCUT2D eigenvalue weighted by atomic mass is 10.0. The molecule has 28 heavy (non-hydrogen) atoms. The smallest absolute Gasteiger partial charge is 0.202 e. The lowest BCUT2D eigenvalue weighted by molar-refractivity contribution is 0.155. The van der Waals surface area contributed by atoms with Crippen LogP contribution in [0.3, 0.4) is 0 Å². The summed E-state index contributed by atoms with van der Waals surface area (Å²) < 4.78 is 10.2. The number of anilines is 1. The molecule has 3 rings (SSSR count). The summed E-state index contributed by atoms with van der Waals surface area (Å²) in [6, 6.07) is 7.57. The molecule has 0 saturated carbocycles. The van der Waals surface area contributed by atoms with Gasteiger partial charge in [-0.2, -0.15) is 9.36 Å². The molecule has 1 heterocycles. The molecule has 0 bridgehead atoms. The largest absolute Gasteiger partial charge is 0.491 e. The fourth-order valence-corrected chi connectivity index (χ4v) is 3.67. The van der Waals surface area contributed by atoms with Crippen molar-refractivity contribution in [1.82, 2.24) is 14.7 Å². The number of hydrogen-bond acceptors (Lipinski definition) is 6. The van der Waals surface area contributed by atoms with Gasteiger partial charge >= 0.3 is 0 Å². The number of nitrogens with one attached hydrogen (secondary N) is 2. The maximum absolute atomic E-state index is 5.92. The summed E-state index contributed by atoms with van der Waals surface area (Å²) in [5.41, 5.74) is 2.43. The highest BCUT2D eigenvalue weighted by atomic mass is 35.5. The molecule has 0 spiro atoms. The molecule has 0 aliphatic heterocycles. The van der Waals surface area contributed by atoms with Gasteiger partial charge in [0.05, 0.1) is 6.10 Å². The zero-order chi connectivity index (χ0) is 19.8. The van der Waals surface area contributed by atoms with E-state index < -0.39 is 0 Å². The van der Waals surface area contributed by atoms with Crippen LogP contribution in [0, 0.1) is 0 Å². The molecule has 0 radical (unpaired) electrons. The maximum atomic E-state index is 5.92. The molecule has 5 nitrogen and oxygen atoms in total. The fourth-order valence-electron chi connectivity index (χ4n) is 2.93. The first-order valence-electron chi connectivity index (χ1n) is 9.70. The quantitative estimate of drug-likeness (QED) is 0.514. The first-order chi connectivity index (χ1) is 13.6. The summed E-state index contributed by atoms with van der Waals surface area (Å²) in [7, 11) is 0. The minimum absolute atomic E-state index is 0.228. The van der Waals surface area contributed by atoms with E-state index in [-0.39, 0.29) is 6.10 Å². The van der Waals surface area contributed by atoms with Crippen LogP contribution in [0.25, 0.3) is 11.4 Å². The molecule has 2 N–H and O–H groups in total. The van der Waals surface area contributed by atoms with Crippen molar-refractivity contribution in [2.45, 2.75) is 39.2 Å². The normalized spacial score (nSPS) is 14.0. The Hall–Kier alpha value is -1.89. The summed E-state index contributed by atoms with van der Waals surface area (Å²) in [6.45, 7) is 6.79. The van der Waals surface area contributed by atoms with Gasteiger partial charge in [0.1, 0.15) is 5.76 Å². The minimum Gasteiger partial charge on any atom is -0.491 e. The average molecular weight is 419 g/mol. The average Bonchev–Trinajstić information content (AvgIpc) is 3.14. The molecule has 0 atom stereocenters. The third kappa shape index (κ3) is 6.62. The van der Waals surface area contributed by atoms with Crippen molar-refractivity contribution in [2.75, 3.05) is 25.0 Å². The molecule has 0 unspecified atom stereocenters. The maximum Gasteiger partial charge on any atom is 0.202 e. The van der Waals surface area contributed by atoms with Crippen LogP contribution in [0.15, 0.2) is 47.7 Å². The van der Waals surface area contributed by atoms with Gasteiger partial charge in [0.25, 0.3) is 0 Å². The van der Waals surface area contributed by atoms with Crippen LogP contribution in [0.5, 0.6) is 0 Å². The number of ether oxygens (including phenoxy) is 1. The zero-order valence-corrected chi connectivity index (χ0v) is 17.9. The highest BCUT2D eigenvalue weighted by Gasteiger charge is 2.08. The molecule has 1 aromatic carbocycles. The van der Waals surface area contributed by atoms with E-state index in [9.17, 15) is 0 Å². The van der Waals surface area contributed by atoms with Crippen LogP contribution in [-0.4, -0.2) is 35.1 Å². The van der Waals surface area contributed by atoms with Crippen molar-refractivity contribution in [2.24, 2.45) is 0 Å². The van der Waals surface area contributed by atoms with Gasteiger partial charge in [0, 0.05) is 35.2 Å². The SMILES string of the molecule is CC(C)OC1=CCCC(CCNCCNc2nc(-c3ccc(Cl)cc3)ns2)=C1. The molecule has 0 fully saturated rings. The topological polar surface area (TPSA) is 59.1 Å². The standard InChI is InChI=1S/C21H27ClN4OS/c1-15(2)27-19-5-3-4-16(14-19)10-11-23-12-13-24-21-25-20(26-28-21)17-6-8-18(22)9-7-17/h5-9,14-15,23H,3-4,10-13H2,1-2H3,(H,24,25,26). The molecule has 150 valence electrons. The van der Waals surface area contributed by atoms with Crippen molar-refractivity contribution >= 4 is 28.3 Å². The van der Waals surface area contributed by atoms with Crippen LogP contribution in [0.2, 0.25) is 5.02 Å². The molecule has 2 aromatic rings. The van der Waals surface area contributed by atoms with E-state index in [0.717, 1.165) is 61.2 Å². The number of benzene rings is 1. The third-order valence-corrected chi connectivity index (χ3v) is 5.18. The molecule has 1 aliphatic carbocycles. The van der Waals surface area contributed by atoms with Gasteiger partial charge in [0.15, 0.2) is 5.82 Å². The molecular weight excluding hydrogens is 392 g/mol. The molecule has 1 aromatic heterocycles. The zero-order valence-electron chi connectivity index (χ0n) is 16.4. The van der Waals surface area contributed by atoms with E-state index in [4.69, 9.17) is 16.3 Å². The van der Waals surface area contributed by atoms with Gasteiger partial charge in [-0.05, 0) is 76.1 Å². The molecule has 0 saturated heterocycles. The lowest BCUT2D eigenvalue weighted by Crippen LogP contribution is -2.23. The number of rotatable bonds is 10. The first-order valence-corrected chi connectivity index (χ1v) is 10.9. The van der Waals surface area contributed by atoms with Gasteiger partial charge in [-0.25, -0.2) is 0 Å². The predicted molar refractivity (Wildman–Crippen MR) is 118 cm³/mol. The Morgan fingerprint density at radius 3 is 2.79 bits per heavy atom. The minimum atomic E-state index is 0.228. The number of halogens is 1. The van der Waals surface area contributed by atoms with Crippen LogP contribution in [0.4, 0.5) is 5.13 Å². The first kappa shape index (κ1) is 20.8. The van der Waals surface area contributed by atoms with Crippen LogP contribution in [-0.2, 0) is 4.74 Å². The highest BCUT2D eigenvalue weighted by Crippen LogP contribution is 2.23. The summed E-state index contributed by atoms with van der Waals surface area (Å²) in [5, 5.41) is 8.36. The molecular formula is C21H27ClN4OS. The van der Waals surface area contributed by atoms with E-state index in [1.165, 1.54) is 17.1 Å². The van der Waals surface area contributed by atoms with Gasteiger partial charge in [-0.1, -0.05) is 17.2 Å². The number of aromatic nitrogens is 2. The van der Waals surface area contributed by atoms with E-state index in [1.807, 2.05) is 24.3 Å². The van der Waals surface area contributed by atoms with Crippen LogP contribution < -0.4 is 10.6 Å². The van der Waals surface area contributed by atoms with Crippen molar-refractivity contribution < 1.29 is 4.74 Å². The van der Waals surface area contributed by atoms with Gasteiger partial charge < -0.3 is 15.4 Å². The van der Waals surface area contributed by atoms with E-state index >= 15 is 0 Å². The van der Waals surface area contributed by atoms with Gasteiger partial charge in [-0.3, -0.25) is 0 Å². The predicted octanol–water partition coefficient (Wildman–Crippen LogP) is 5.28. The van der Waals surface area contributed by atoms with Crippen LogP contribution >= 0.6 is 23.1 Å². The Morgan fingerprint density at radius 1 is 1.18 bits per heavy atom. The monoisotopic (exact) mass is 418 g/mol. The van der Waals surface area contributed by atoms with Gasteiger partial charge in [-0.15, -0.1) is 0 Å². The Bertz CT molecular complexity index is 814. The molecule has 7 heteroatoms. The van der Waals surface area contributed by atoms with E-state index in [0.29, 0.717) is 5.02 Å². The number of allylic oxidation sites excluding steroid dienone is 2. The van der Waals surface area contributed by atoms with Crippen LogP contribution in [0.1, 0.15) is 33.1 Å². The lowest BCUT2D eigenvalue weighted by Gasteiger charge is -2.17. The highest BCUT2D eigenvalue weighted by molar-refractivity contribution is 7.09. The Labute approximate surface area is 176 Å². The second-order valence-corrected chi connectivity index (χ2v) is 8.16. The molecule has 0 amide bonds. The van der Waals surface area contributed by atoms with Crippen molar-refractivity contribution in [1.29, 1.82) is 0 Å². The summed E-state index contributed by atoms with van der Waals surface area (Å²) >= 11 is 7.30. The fraction of sp³-hybridized carbons (Fsp3) is 0.429. The Morgan fingerprint density at radius 2 is 2.00 bits per heavy atom. The van der Waals surface area contributed by atoms with Crippen molar-refractivity contribution in [3.63, 3.8) is 0 Å².